The van der Waals surface area contributed by atoms with Crippen LogP contribution in [0.3, 0.4) is 0 Å². The summed E-state index contributed by atoms with van der Waals surface area (Å²) in [6, 6.07) is 9.67. The van der Waals surface area contributed by atoms with Crippen LogP contribution in [0.25, 0.3) is 0 Å². The molecule has 1 amide bonds. The second-order valence-corrected chi connectivity index (χ2v) is 3.86. The Hall–Kier alpha value is -1.62. The maximum Gasteiger partial charge on any atom is 0.236 e. The van der Waals surface area contributed by atoms with Gasteiger partial charge in [-0.25, -0.2) is 0 Å². The molecule has 76 valence electrons. The number of hydrogen-bond acceptors (Lipinski definition) is 4. The van der Waals surface area contributed by atoms with Crippen molar-refractivity contribution in [3.05, 3.63) is 35.9 Å². The quantitative estimate of drug-likeness (QED) is 0.601. The zero-order valence-electron chi connectivity index (χ0n) is 7.88. The largest absolute Gasteiger partial charge is 0.303 e. The third-order valence-corrected chi connectivity index (χ3v) is 2.60. The molecular formula is C10H9N3OS. The van der Waals surface area contributed by atoms with E-state index in [2.05, 4.69) is 15.5 Å². The summed E-state index contributed by atoms with van der Waals surface area (Å²) in [7, 11) is 0. The highest BCUT2D eigenvalue weighted by Gasteiger charge is 2.15. The monoisotopic (exact) mass is 219 g/mol. The number of nitrogens with zero attached hydrogens (tertiary/aromatic N) is 2. The molecule has 0 aromatic heterocycles. The van der Waals surface area contributed by atoms with Gasteiger partial charge in [0, 0.05) is 0 Å². The predicted octanol–water partition coefficient (Wildman–Crippen LogP) is 1.24. The van der Waals surface area contributed by atoms with Crippen LogP contribution in [0.1, 0.15) is 5.56 Å². The molecular weight excluding hydrogens is 210 g/mol. The molecule has 4 nitrogen and oxygen atoms in total. The molecule has 0 radical (unpaired) electrons. The summed E-state index contributed by atoms with van der Waals surface area (Å²) in [5.41, 5.74) is 0.983. The number of rotatable bonds is 2. The first-order chi connectivity index (χ1) is 7.34. The molecule has 1 heterocycles. The molecule has 1 aromatic carbocycles. The lowest BCUT2D eigenvalue weighted by Gasteiger charge is -1.90. The summed E-state index contributed by atoms with van der Waals surface area (Å²) >= 11 is 1.36. The first-order valence-corrected chi connectivity index (χ1v) is 5.42. The Bertz CT molecular complexity index is 414. The van der Waals surface area contributed by atoms with E-state index >= 15 is 0 Å². The Kier molecular flexibility index (Phi) is 3.14. The Morgan fingerprint density at radius 3 is 2.80 bits per heavy atom. The van der Waals surface area contributed by atoms with Gasteiger partial charge in [0.25, 0.3) is 0 Å². The highest BCUT2D eigenvalue weighted by Crippen LogP contribution is 2.08. The number of amidine groups is 1. The number of carbonyl (C=O) groups is 1. The van der Waals surface area contributed by atoms with Gasteiger partial charge in [0.2, 0.25) is 5.91 Å². The van der Waals surface area contributed by atoms with E-state index in [1.165, 1.54) is 11.8 Å². The van der Waals surface area contributed by atoms with E-state index in [1.54, 1.807) is 6.21 Å². The topological polar surface area (TPSA) is 53.8 Å². The molecule has 1 N–H and O–H groups in total. The van der Waals surface area contributed by atoms with Crippen LogP contribution < -0.4 is 5.32 Å². The van der Waals surface area contributed by atoms with Crippen LogP contribution in [0, 0.1) is 0 Å². The summed E-state index contributed by atoms with van der Waals surface area (Å²) in [6.45, 7) is 0. The van der Waals surface area contributed by atoms with Crippen molar-refractivity contribution in [2.45, 2.75) is 0 Å². The number of nitrogens with one attached hydrogen (secondary N) is 1. The lowest BCUT2D eigenvalue weighted by atomic mass is 10.2. The van der Waals surface area contributed by atoms with E-state index < -0.39 is 0 Å². The van der Waals surface area contributed by atoms with Crippen molar-refractivity contribution in [2.24, 2.45) is 10.2 Å². The standard InChI is InChI=1S/C10H9N3OS/c14-9-7-15-10(12-9)13-11-6-8-4-2-1-3-5-8/h1-6H,7H2,(H,12,13,14)/b11-6-. The summed E-state index contributed by atoms with van der Waals surface area (Å²) < 4.78 is 0. The molecule has 0 saturated carbocycles. The van der Waals surface area contributed by atoms with Crippen molar-refractivity contribution in [3.8, 4) is 0 Å². The average molecular weight is 219 g/mol. The molecule has 1 aliphatic heterocycles. The summed E-state index contributed by atoms with van der Waals surface area (Å²) in [5.74, 6) is 0.410. The molecule has 1 aromatic rings. The van der Waals surface area contributed by atoms with Crippen LogP contribution in [-0.4, -0.2) is 23.0 Å². The van der Waals surface area contributed by atoms with Crippen molar-refractivity contribution < 1.29 is 4.79 Å². The normalized spacial score (nSPS) is 18.7. The van der Waals surface area contributed by atoms with Gasteiger partial charge in [0.15, 0.2) is 5.17 Å². The zero-order chi connectivity index (χ0) is 10.5. The van der Waals surface area contributed by atoms with Crippen LogP contribution >= 0.6 is 11.8 Å². The van der Waals surface area contributed by atoms with Gasteiger partial charge in [-0.05, 0) is 5.56 Å². The highest BCUT2D eigenvalue weighted by atomic mass is 32.2. The molecule has 1 fully saturated rings. The number of carbonyl (C=O) groups excluding carboxylic acids is 1. The minimum atomic E-state index is -0.0198. The summed E-state index contributed by atoms with van der Waals surface area (Å²) in [4.78, 5) is 10.8. The van der Waals surface area contributed by atoms with Crippen LogP contribution in [0.5, 0.6) is 0 Å². The van der Waals surface area contributed by atoms with E-state index in [1.807, 2.05) is 30.3 Å². The average Bonchev–Trinajstić information content (AvgIpc) is 2.66. The molecule has 1 aliphatic rings. The van der Waals surface area contributed by atoms with E-state index in [-0.39, 0.29) is 5.91 Å². The van der Waals surface area contributed by atoms with Gasteiger partial charge in [-0.1, -0.05) is 42.1 Å². The van der Waals surface area contributed by atoms with Crippen LogP contribution in [0.2, 0.25) is 0 Å². The highest BCUT2D eigenvalue weighted by molar-refractivity contribution is 8.15. The van der Waals surface area contributed by atoms with Crippen LogP contribution in [0.4, 0.5) is 0 Å². The number of amides is 1. The molecule has 0 bridgehead atoms. The van der Waals surface area contributed by atoms with E-state index in [4.69, 9.17) is 0 Å². The minimum Gasteiger partial charge on any atom is -0.303 e. The van der Waals surface area contributed by atoms with Gasteiger partial charge in [-0.15, -0.1) is 5.10 Å². The van der Waals surface area contributed by atoms with Gasteiger partial charge < -0.3 is 5.32 Å². The van der Waals surface area contributed by atoms with Crippen molar-refractivity contribution in [2.75, 3.05) is 5.75 Å². The molecule has 0 unspecified atom stereocenters. The van der Waals surface area contributed by atoms with Crippen LogP contribution in [-0.2, 0) is 4.79 Å². The lowest BCUT2D eigenvalue weighted by molar-refractivity contribution is -0.116. The molecule has 2 rings (SSSR count). The number of benzene rings is 1. The Morgan fingerprint density at radius 2 is 2.13 bits per heavy atom. The van der Waals surface area contributed by atoms with Crippen molar-refractivity contribution in [1.29, 1.82) is 0 Å². The lowest BCUT2D eigenvalue weighted by Crippen LogP contribution is -2.19. The van der Waals surface area contributed by atoms with E-state index in [0.717, 1.165) is 5.56 Å². The molecule has 1 saturated heterocycles. The van der Waals surface area contributed by atoms with Gasteiger partial charge in [0.1, 0.15) is 0 Å². The van der Waals surface area contributed by atoms with Gasteiger partial charge in [-0.3, -0.25) is 4.79 Å². The Labute approximate surface area is 91.5 Å². The fourth-order valence-electron chi connectivity index (χ4n) is 1.07. The minimum absolute atomic E-state index is 0.0198. The maximum atomic E-state index is 10.8. The van der Waals surface area contributed by atoms with Crippen molar-refractivity contribution in [3.63, 3.8) is 0 Å². The fraction of sp³-hybridized carbons (Fsp3) is 0.100. The SMILES string of the molecule is O=C1CSC(=N/N=C\c2ccccc2)N1. The van der Waals surface area contributed by atoms with E-state index in [0.29, 0.717) is 10.9 Å². The first-order valence-electron chi connectivity index (χ1n) is 4.43. The van der Waals surface area contributed by atoms with E-state index in [9.17, 15) is 4.79 Å². The Morgan fingerprint density at radius 1 is 1.33 bits per heavy atom. The van der Waals surface area contributed by atoms with Gasteiger partial charge >= 0.3 is 0 Å². The second kappa shape index (κ2) is 4.75. The van der Waals surface area contributed by atoms with Crippen LogP contribution in [0.15, 0.2) is 40.5 Å². The molecule has 15 heavy (non-hydrogen) atoms. The number of hydrogen-bond donors (Lipinski definition) is 1. The van der Waals surface area contributed by atoms with Crippen molar-refractivity contribution in [1.82, 2.24) is 5.32 Å². The first kappa shape index (κ1) is 9.92. The predicted molar refractivity (Wildman–Crippen MR) is 62.1 cm³/mol. The molecule has 0 aliphatic carbocycles. The van der Waals surface area contributed by atoms with Gasteiger partial charge in [-0.2, -0.15) is 5.10 Å². The summed E-state index contributed by atoms with van der Waals surface area (Å²) in [6.07, 6.45) is 1.65. The third kappa shape index (κ3) is 2.92. The maximum absolute atomic E-state index is 10.8. The zero-order valence-corrected chi connectivity index (χ0v) is 8.70. The molecule has 0 atom stereocenters. The van der Waals surface area contributed by atoms with Gasteiger partial charge in [0.05, 0.1) is 12.0 Å². The molecule has 5 heteroatoms. The summed E-state index contributed by atoms with van der Waals surface area (Å²) in [5, 5.41) is 10.9. The van der Waals surface area contributed by atoms with Crippen molar-refractivity contribution >= 4 is 29.1 Å². The number of thioether (sulfide) groups is 1. The fourth-order valence-corrected chi connectivity index (χ4v) is 1.70. The second-order valence-electron chi connectivity index (χ2n) is 2.90. The Balaban J connectivity index is 1.98. The smallest absolute Gasteiger partial charge is 0.236 e. The third-order valence-electron chi connectivity index (χ3n) is 1.74. The molecule has 0 spiro atoms.